The number of hydrogen-bond acceptors (Lipinski definition) is 6. The van der Waals surface area contributed by atoms with Crippen LogP contribution in [0.4, 0.5) is 11.6 Å². The molecule has 6 heteroatoms. The Balaban J connectivity index is 2.05. The van der Waals surface area contributed by atoms with Crippen LogP contribution in [0, 0.1) is 5.92 Å². The van der Waals surface area contributed by atoms with E-state index in [4.69, 9.17) is 0 Å². The average Bonchev–Trinajstić information content (AvgIpc) is 2.53. The molecule has 0 radical (unpaired) electrons. The number of rotatable bonds is 6. The first-order chi connectivity index (χ1) is 9.76. The summed E-state index contributed by atoms with van der Waals surface area (Å²) in [5.74, 6) is 1.95. The summed E-state index contributed by atoms with van der Waals surface area (Å²) in [5.41, 5.74) is 0. The largest absolute Gasteiger partial charge is 0.396 e. The summed E-state index contributed by atoms with van der Waals surface area (Å²) in [6.45, 7) is 4.14. The number of aromatic nitrogens is 2. The fourth-order valence-electron chi connectivity index (χ4n) is 2.51. The van der Waals surface area contributed by atoms with Crippen LogP contribution >= 0.6 is 0 Å². The highest BCUT2D eigenvalue weighted by atomic mass is 16.3. The third kappa shape index (κ3) is 3.80. The van der Waals surface area contributed by atoms with Gasteiger partial charge in [-0.2, -0.15) is 0 Å². The standard InChI is InChI=1S/C14H24N4O2/c1-2-12(9-20)17-13-6-14(16-10-15-13)18-5-3-4-11(7-18)8-19/h6,10-12,19-20H,2-5,7-9H2,1H3,(H,15,16,17)/t11?,12-/m0/s1. The van der Waals surface area contributed by atoms with Gasteiger partial charge in [0.05, 0.1) is 12.6 Å². The molecule has 6 nitrogen and oxygen atoms in total. The van der Waals surface area contributed by atoms with Gasteiger partial charge in [-0.3, -0.25) is 0 Å². The minimum atomic E-state index is 0.0179. The molecule has 2 heterocycles. The van der Waals surface area contributed by atoms with Crippen molar-refractivity contribution in [2.45, 2.75) is 32.2 Å². The van der Waals surface area contributed by atoms with Crippen molar-refractivity contribution in [3.05, 3.63) is 12.4 Å². The van der Waals surface area contributed by atoms with Crippen LogP contribution in [0.2, 0.25) is 0 Å². The minimum absolute atomic E-state index is 0.0179. The lowest BCUT2D eigenvalue weighted by molar-refractivity contribution is 0.208. The molecule has 2 atom stereocenters. The zero-order valence-corrected chi connectivity index (χ0v) is 12.0. The Morgan fingerprint density at radius 3 is 3.00 bits per heavy atom. The molecule has 0 aromatic carbocycles. The molecule has 2 rings (SSSR count). The normalized spacial score (nSPS) is 20.8. The summed E-state index contributed by atoms with van der Waals surface area (Å²) in [6, 6.07) is 1.93. The molecule has 0 aliphatic carbocycles. The van der Waals surface area contributed by atoms with Gasteiger partial charge in [-0.1, -0.05) is 6.92 Å². The van der Waals surface area contributed by atoms with E-state index >= 15 is 0 Å². The van der Waals surface area contributed by atoms with Gasteiger partial charge in [0.1, 0.15) is 18.0 Å². The second kappa shape index (κ2) is 7.40. The van der Waals surface area contributed by atoms with Gasteiger partial charge in [0.2, 0.25) is 0 Å². The minimum Gasteiger partial charge on any atom is -0.396 e. The van der Waals surface area contributed by atoms with E-state index in [0.717, 1.165) is 44.0 Å². The fraction of sp³-hybridized carbons (Fsp3) is 0.714. The van der Waals surface area contributed by atoms with Crippen molar-refractivity contribution in [1.29, 1.82) is 0 Å². The summed E-state index contributed by atoms with van der Waals surface area (Å²) >= 11 is 0. The summed E-state index contributed by atoms with van der Waals surface area (Å²) in [7, 11) is 0. The van der Waals surface area contributed by atoms with Crippen molar-refractivity contribution in [3.8, 4) is 0 Å². The number of hydrogen-bond donors (Lipinski definition) is 3. The maximum absolute atomic E-state index is 9.29. The molecule has 0 bridgehead atoms. The second-order valence-electron chi connectivity index (χ2n) is 5.33. The lowest BCUT2D eigenvalue weighted by atomic mass is 9.99. The molecule has 1 aliphatic rings. The summed E-state index contributed by atoms with van der Waals surface area (Å²) in [6.07, 6.45) is 4.54. The van der Waals surface area contributed by atoms with Crippen molar-refractivity contribution >= 4 is 11.6 Å². The van der Waals surface area contributed by atoms with Gasteiger partial charge in [-0.25, -0.2) is 9.97 Å². The molecule has 112 valence electrons. The van der Waals surface area contributed by atoms with Crippen LogP contribution in [-0.4, -0.2) is 52.5 Å². The maximum Gasteiger partial charge on any atom is 0.134 e. The summed E-state index contributed by atoms with van der Waals surface area (Å²) in [5, 5.41) is 21.7. The Labute approximate surface area is 119 Å². The second-order valence-corrected chi connectivity index (χ2v) is 5.33. The van der Waals surface area contributed by atoms with Crippen LogP contribution in [-0.2, 0) is 0 Å². The molecule has 1 aromatic rings. The first-order valence-electron chi connectivity index (χ1n) is 7.32. The Kier molecular flexibility index (Phi) is 5.55. The predicted octanol–water partition coefficient (Wildman–Crippen LogP) is 0.868. The quantitative estimate of drug-likeness (QED) is 0.717. The van der Waals surface area contributed by atoms with E-state index in [1.807, 2.05) is 13.0 Å². The van der Waals surface area contributed by atoms with E-state index in [-0.39, 0.29) is 19.3 Å². The number of anilines is 2. The number of nitrogens with zero attached hydrogens (tertiary/aromatic N) is 3. The van der Waals surface area contributed by atoms with E-state index in [1.165, 1.54) is 0 Å². The smallest absolute Gasteiger partial charge is 0.134 e. The lowest BCUT2D eigenvalue weighted by Gasteiger charge is -2.32. The number of aliphatic hydroxyl groups is 2. The average molecular weight is 280 g/mol. The van der Waals surface area contributed by atoms with Crippen molar-refractivity contribution in [2.75, 3.05) is 36.5 Å². The Morgan fingerprint density at radius 1 is 1.45 bits per heavy atom. The SMILES string of the molecule is CC[C@@H](CO)Nc1cc(N2CCCC(CO)C2)ncn1. The van der Waals surface area contributed by atoms with Gasteiger partial charge in [0, 0.05) is 25.8 Å². The fourth-order valence-corrected chi connectivity index (χ4v) is 2.51. The molecule has 0 saturated carbocycles. The monoisotopic (exact) mass is 280 g/mol. The molecular formula is C14H24N4O2. The van der Waals surface area contributed by atoms with Crippen LogP contribution in [0.15, 0.2) is 12.4 Å². The van der Waals surface area contributed by atoms with Crippen molar-refractivity contribution < 1.29 is 10.2 Å². The van der Waals surface area contributed by atoms with E-state index < -0.39 is 0 Å². The Bertz CT molecular complexity index is 412. The number of nitrogens with one attached hydrogen (secondary N) is 1. The van der Waals surface area contributed by atoms with Crippen molar-refractivity contribution in [1.82, 2.24) is 9.97 Å². The molecule has 1 unspecified atom stereocenters. The van der Waals surface area contributed by atoms with Gasteiger partial charge in [-0.05, 0) is 25.2 Å². The highest BCUT2D eigenvalue weighted by molar-refractivity contribution is 5.49. The predicted molar refractivity (Wildman–Crippen MR) is 78.8 cm³/mol. The first-order valence-corrected chi connectivity index (χ1v) is 7.32. The number of piperidine rings is 1. The molecule has 1 saturated heterocycles. The molecule has 0 spiro atoms. The Morgan fingerprint density at radius 2 is 2.30 bits per heavy atom. The van der Waals surface area contributed by atoms with Crippen LogP contribution < -0.4 is 10.2 Å². The van der Waals surface area contributed by atoms with Crippen LogP contribution in [0.25, 0.3) is 0 Å². The van der Waals surface area contributed by atoms with Crippen molar-refractivity contribution in [2.24, 2.45) is 5.92 Å². The molecule has 1 aromatic heterocycles. The van der Waals surface area contributed by atoms with E-state index in [1.54, 1.807) is 6.33 Å². The van der Waals surface area contributed by atoms with Crippen molar-refractivity contribution in [3.63, 3.8) is 0 Å². The van der Waals surface area contributed by atoms with Crippen LogP contribution in [0.5, 0.6) is 0 Å². The number of aliphatic hydroxyl groups excluding tert-OH is 2. The zero-order valence-electron chi connectivity index (χ0n) is 12.0. The van der Waals surface area contributed by atoms with Gasteiger partial charge >= 0.3 is 0 Å². The topological polar surface area (TPSA) is 81.5 Å². The van der Waals surface area contributed by atoms with Gasteiger partial charge in [0.25, 0.3) is 0 Å². The maximum atomic E-state index is 9.29. The molecule has 20 heavy (non-hydrogen) atoms. The van der Waals surface area contributed by atoms with Crippen LogP contribution in [0.1, 0.15) is 26.2 Å². The zero-order chi connectivity index (χ0) is 14.4. The van der Waals surface area contributed by atoms with Gasteiger partial charge in [0.15, 0.2) is 0 Å². The molecule has 1 aliphatic heterocycles. The summed E-state index contributed by atoms with van der Waals surface area (Å²) < 4.78 is 0. The molecule has 1 fully saturated rings. The van der Waals surface area contributed by atoms with E-state index in [9.17, 15) is 10.2 Å². The molecular weight excluding hydrogens is 256 g/mol. The molecule has 3 N–H and O–H groups in total. The Hall–Kier alpha value is -1.40. The highest BCUT2D eigenvalue weighted by Crippen LogP contribution is 2.22. The lowest BCUT2D eigenvalue weighted by Crippen LogP contribution is -2.37. The van der Waals surface area contributed by atoms with Gasteiger partial charge < -0.3 is 20.4 Å². The third-order valence-corrected chi connectivity index (χ3v) is 3.82. The highest BCUT2D eigenvalue weighted by Gasteiger charge is 2.20. The molecule has 0 amide bonds. The third-order valence-electron chi connectivity index (χ3n) is 3.82. The van der Waals surface area contributed by atoms with Gasteiger partial charge in [-0.15, -0.1) is 0 Å². The first kappa shape index (κ1) is 15.0. The van der Waals surface area contributed by atoms with E-state index in [2.05, 4.69) is 20.2 Å². The van der Waals surface area contributed by atoms with E-state index in [0.29, 0.717) is 5.92 Å². The summed E-state index contributed by atoms with van der Waals surface area (Å²) in [4.78, 5) is 10.7. The van der Waals surface area contributed by atoms with Crippen LogP contribution in [0.3, 0.4) is 0 Å².